The van der Waals surface area contributed by atoms with Crippen molar-refractivity contribution in [3.05, 3.63) is 53.6 Å². The summed E-state index contributed by atoms with van der Waals surface area (Å²) >= 11 is 0. The predicted molar refractivity (Wildman–Crippen MR) is 114 cm³/mol. The van der Waals surface area contributed by atoms with E-state index < -0.39 is 28.1 Å². The average Bonchev–Trinajstić information content (AvgIpc) is 2.67. The molecule has 0 saturated heterocycles. The summed E-state index contributed by atoms with van der Waals surface area (Å²) in [6, 6.07) is 8.63. The van der Waals surface area contributed by atoms with Gasteiger partial charge in [0.25, 0.3) is 0 Å². The lowest BCUT2D eigenvalue weighted by molar-refractivity contribution is -0.274. The monoisotopic (exact) mass is 468 g/mol. The van der Waals surface area contributed by atoms with Gasteiger partial charge in [-0.2, -0.15) is 5.26 Å². The average molecular weight is 469 g/mol. The molecule has 0 heterocycles. The predicted octanol–water partition coefficient (Wildman–Crippen LogP) is 5.88. The van der Waals surface area contributed by atoms with Crippen LogP contribution in [-0.2, 0) is 9.92 Å². The number of hydrogen-bond donors (Lipinski definition) is 2. The zero-order chi connectivity index (χ0) is 24.1. The van der Waals surface area contributed by atoms with Gasteiger partial charge in [-0.25, -0.2) is 13.7 Å². The minimum Gasteiger partial charge on any atom is -0.406 e. The zero-order valence-electron chi connectivity index (χ0n) is 17.9. The van der Waals surface area contributed by atoms with E-state index in [1.54, 1.807) is 0 Å². The first kappa shape index (κ1) is 25.0. The number of anilines is 1. The SMILES string of the molecule is CC(C)c1cccc(C(C)C)c1NC(=O)NS(=O)(=NC#N)c1ccc(OC(F)(F)F)cc1. The fraction of sp³-hybridized carbons (Fsp3) is 0.333. The van der Waals surface area contributed by atoms with E-state index in [0.717, 1.165) is 35.4 Å². The second-order valence-corrected chi connectivity index (χ2v) is 9.32. The molecule has 0 aliphatic heterocycles. The van der Waals surface area contributed by atoms with Crippen LogP contribution in [0.3, 0.4) is 0 Å². The number of urea groups is 1. The van der Waals surface area contributed by atoms with Crippen molar-refractivity contribution in [1.29, 1.82) is 5.26 Å². The first-order valence-corrected chi connectivity index (χ1v) is 11.1. The molecular weight excluding hydrogens is 445 g/mol. The molecule has 0 aliphatic carbocycles. The van der Waals surface area contributed by atoms with Crippen molar-refractivity contribution in [3.8, 4) is 11.9 Å². The summed E-state index contributed by atoms with van der Waals surface area (Å²) in [4.78, 5) is 12.6. The van der Waals surface area contributed by atoms with Gasteiger partial charge in [-0.1, -0.05) is 50.3 Å². The number of nitrogens with one attached hydrogen (secondary N) is 2. The second-order valence-electron chi connectivity index (χ2n) is 7.41. The molecule has 0 fully saturated rings. The van der Waals surface area contributed by atoms with Gasteiger partial charge < -0.3 is 10.1 Å². The van der Waals surface area contributed by atoms with Crippen molar-refractivity contribution in [2.24, 2.45) is 4.36 Å². The van der Waals surface area contributed by atoms with E-state index in [4.69, 9.17) is 5.26 Å². The van der Waals surface area contributed by atoms with E-state index in [2.05, 4.69) is 19.1 Å². The third-order valence-electron chi connectivity index (χ3n) is 4.39. The summed E-state index contributed by atoms with van der Waals surface area (Å²) in [5, 5.41) is 11.7. The Balaban J connectivity index is 2.36. The summed E-state index contributed by atoms with van der Waals surface area (Å²) in [7, 11) is -3.80. The van der Waals surface area contributed by atoms with Crippen LogP contribution in [-0.4, -0.2) is 16.6 Å². The van der Waals surface area contributed by atoms with Crippen molar-refractivity contribution < 1.29 is 26.9 Å². The molecule has 11 heteroatoms. The van der Waals surface area contributed by atoms with Gasteiger partial charge in [-0.15, -0.1) is 13.2 Å². The van der Waals surface area contributed by atoms with Crippen LogP contribution in [0.4, 0.5) is 23.7 Å². The highest BCUT2D eigenvalue weighted by atomic mass is 32.2. The summed E-state index contributed by atoms with van der Waals surface area (Å²) in [6.07, 6.45) is -3.51. The maximum Gasteiger partial charge on any atom is 0.573 e. The standard InChI is InChI=1S/C21H23F3N4O3S/c1-13(2)17-6-5-7-18(14(3)4)19(17)27-20(29)28-32(30,26-12-25)16-10-8-15(9-11-16)31-21(22,23)24/h5-11,13-14H,1-4H3,(H2,26,27,28,29,30). The molecule has 1 unspecified atom stereocenters. The van der Waals surface area contributed by atoms with Crippen molar-refractivity contribution >= 4 is 21.6 Å². The molecule has 0 aliphatic rings. The van der Waals surface area contributed by atoms with E-state index in [0.29, 0.717) is 5.69 Å². The number of carbonyl (C=O) groups is 1. The quantitative estimate of drug-likeness (QED) is 0.517. The van der Waals surface area contributed by atoms with Crippen molar-refractivity contribution in [2.75, 3.05) is 5.32 Å². The smallest absolute Gasteiger partial charge is 0.406 e. The first-order chi connectivity index (χ1) is 14.9. The minimum absolute atomic E-state index is 0.0818. The maximum atomic E-state index is 13.2. The van der Waals surface area contributed by atoms with Crippen LogP contribution in [0.25, 0.3) is 0 Å². The van der Waals surface area contributed by atoms with Crippen LogP contribution in [0, 0.1) is 11.5 Å². The Bertz CT molecular complexity index is 1100. The molecule has 2 rings (SSSR count). The van der Waals surface area contributed by atoms with Gasteiger partial charge in [0.05, 0.1) is 4.90 Å². The lowest BCUT2D eigenvalue weighted by atomic mass is 9.93. The van der Waals surface area contributed by atoms with E-state index in [9.17, 15) is 22.2 Å². The molecule has 0 spiro atoms. The van der Waals surface area contributed by atoms with Crippen LogP contribution in [0.1, 0.15) is 50.7 Å². The fourth-order valence-corrected chi connectivity index (χ4v) is 4.17. The molecule has 0 radical (unpaired) electrons. The number of ether oxygens (including phenoxy) is 1. The number of nitriles is 1. The Morgan fingerprint density at radius 1 is 1.06 bits per heavy atom. The van der Waals surface area contributed by atoms with Crippen LogP contribution in [0.2, 0.25) is 0 Å². The fourth-order valence-electron chi connectivity index (χ4n) is 2.98. The van der Waals surface area contributed by atoms with Gasteiger partial charge in [0.1, 0.15) is 5.75 Å². The number of nitrogens with zero attached hydrogens (tertiary/aromatic N) is 2. The highest BCUT2D eigenvalue weighted by Gasteiger charge is 2.31. The normalized spacial score (nSPS) is 13.2. The van der Waals surface area contributed by atoms with E-state index >= 15 is 0 Å². The van der Waals surface area contributed by atoms with Gasteiger partial charge in [0.15, 0.2) is 9.92 Å². The van der Waals surface area contributed by atoms with E-state index in [1.807, 2.05) is 45.9 Å². The van der Waals surface area contributed by atoms with Gasteiger partial charge in [-0.05, 0) is 47.2 Å². The van der Waals surface area contributed by atoms with Crippen LogP contribution < -0.4 is 14.8 Å². The van der Waals surface area contributed by atoms with Crippen molar-refractivity contribution in [2.45, 2.75) is 50.8 Å². The molecular formula is C21H23F3N4O3S. The third-order valence-corrected chi connectivity index (χ3v) is 6.10. The maximum absolute atomic E-state index is 13.2. The lowest BCUT2D eigenvalue weighted by Gasteiger charge is -2.21. The molecule has 172 valence electrons. The van der Waals surface area contributed by atoms with Crippen molar-refractivity contribution in [3.63, 3.8) is 0 Å². The summed E-state index contributed by atoms with van der Waals surface area (Å²) < 4.78 is 59.5. The van der Waals surface area contributed by atoms with Gasteiger partial charge in [-0.3, -0.25) is 0 Å². The van der Waals surface area contributed by atoms with Crippen LogP contribution >= 0.6 is 0 Å². The number of para-hydroxylation sites is 1. The Labute approximate surface area is 184 Å². The van der Waals surface area contributed by atoms with Gasteiger partial charge >= 0.3 is 12.4 Å². The van der Waals surface area contributed by atoms with E-state index in [-0.39, 0.29) is 16.7 Å². The van der Waals surface area contributed by atoms with Gasteiger partial charge in [0.2, 0.25) is 6.19 Å². The summed E-state index contributed by atoms with van der Waals surface area (Å²) in [6.45, 7) is 7.84. The highest BCUT2D eigenvalue weighted by molar-refractivity contribution is 7.92. The van der Waals surface area contributed by atoms with Crippen LogP contribution in [0.5, 0.6) is 5.75 Å². The number of rotatable bonds is 6. The lowest BCUT2D eigenvalue weighted by Crippen LogP contribution is -2.34. The largest absolute Gasteiger partial charge is 0.573 e. The van der Waals surface area contributed by atoms with Crippen molar-refractivity contribution in [1.82, 2.24) is 4.72 Å². The topological polar surface area (TPSA) is 104 Å². The molecule has 2 aromatic rings. The van der Waals surface area contributed by atoms with Crippen LogP contribution in [0.15, 0.2) is 51.7 Å². The Morgan fingerprint density at radius 3 is 2.03 bits per heavy atom. The number of amides is 2. The Hall–Kier alpha value is -3.26. The molecule has 2 amide bonds. The molecule has 0 bridgehead atoms. The second kappa shape index (κ2) is 9.91. The highest BCUT2D eigenvalue weighted by Crippen LogP contribution is 2.32. The molecule has 0 aromatic heterocycles. The number of alkyl halides is 3. The first-order valence-electron chi connectivity index (χ1n) is 9.59. The summed E-state index contributed by atoms with van der Waals surface area (Å²) in [5.41, 5.74) is 2.29. The molecule has 2 N–H and O–H groups in total. The third kappa shape index (κ3) is 6.37. The number of halogens is 3. The molecule has 2 aromatic carbocycles. The van der Waals surface area contributed by atoms with E-state index in [1.165, 1.54) is 6.19 Å². The summed E-state index contributed by atoms with van der Waals surface area (Å²) in [5.74, 6) is -0.381. The molecule has 32 heavy (non-hydrogen) atoms. The number of benzene rings is 2. The zero-order valence-corrected chi connectivity index (χ0v) is 18.7. The number of hydrogen-bond acceptors (Lipinski definition) is 5. The molecule has 7 nitrogen and oxygen atoms in total. The molecule has 0 saturated carbocycles. The number of carbonyl (C=O) groups excluding carboxylic acids is 1. The van der Waals surface area contributed by atoms with Gasteiger partial charge in [0, 0.05) is 5.69 Å². The Kier molecular flexibility index (Phi) is 7.74. The molecule has 1 atom stereocenters. The Morgan fingerprint density at radius 2 is 1.59 bits per heavy atom. The minimum atomic E-state index is -4.89.